The van der Waals surface area contributed by atoms with Gasteiger partial charge in [0.2, 0.25) is 5.91 Å². The van der Waals surface area contributed by atoms with Crippen LogP contribution in [0, 0.1) is 5.92 Å². The molecule has 0 aromatic heterocycles. The van der Waals surface area contributed by atoms with E-state index in [1.165, 1.54) is 25.7 Å². The summed E-state index contributed by atoms with van der Waals surface area (Å²) in [6, 6.07) is 1.10. The van der Waals surface area contributed by atoms with Gasteiger partial charge in [-0.25, -0.2) is 0 Å². The predicted molar refractivity (Wildman–Crippen MR) is 82.7 cm³/mol. The molecule has 2 rings (SSSR count). The van der Waals surface area contributed by atoms with Crippen LogP contribution in [0.2, 0.25) is 0 Å². The van der Waals surface area contributed by atoms with Crippen LogP contribution in [0.25, 0.3) is 0 Å². The van der Waals surface area contributed by atoms with Gasteiger partial charge in [0.25, 0.3) is 0 Å². The van der Waals surface area contributed by atoms with Gasteiger partial charge in [0, 0.05) is 25.7 Å². The van der Waals surface area contributed by atoms with Gasteiger partial charge in [0.1, 0.15) is 0 Å². The zero-order chi connectivity index (χ0) is 14.7. The summed E-state index contributed by atoms with van der Waals surface area (Å²) in [6.07, 6.45) is 4.83. The summed E-state index contributed by atoms with van der Waals surface area (Å²) in [5.41, 5.74) is 0. The number of amides is 1. The Bertz CT molecular complexity index is 318. The lowest BCUT2D eigenvalue weighted by atomic mass is 9.97. The van der Waals surface area contributed by atoms with Gasteiger partial charge in [-0.1, -0.05) is 0 Å². The first-order valence-corrected chi connectivity index (χ1v) is 8.23. The highest BCUT2D eigenvalue weighted by Gasteiger charge is 2.35. The minimum Gasteiger partial charge on any atom is -0.344 e. The van der Waals surface area contributed by atoms with Crippen molar-refractivity contribution in [2.24, 2.45) is 5.92 Å². The topological polar surface area (TPSA) is 35.6 Å². The van der Waals surface area contributed by atoms with Gasteiger partial charge in [-0.2, -0.15) is 0 Å². The second-order valence-electron chi connectivity index (χ2n) is 6.81. The number of carbonyl (C=O) groups excluding carboxylic acids is 1. The van der Waals surface area contributed by atoms with Crippen molar-refractivity contribution in [3.05, 3.63) is 0 Å². The smallest absolute Gasteiger partial charge is 0.239 e. The maximum atomic E-state index is 12.7. The fourth-order valence-electron chi connectivity index (χ4n) is 3.97. The molecule has 0 radical (unpaired) electrons. The molecule has 3 unspecified atom stereocenters. The van der Waals surface area contributed by atoms with Gasteiger partial charge in [-0.3, -0.25) is 9.69 Å². The lowest BCUT2D eigenvalue weighted by Crippen LogP contribution is -2.50. The van der Waals surface area contributed by atoms with Crippen LogP contribution in [-0.4, -0.2) is 60.5 Å². The molecule has 0 aliphatic carbocycles. The Kier molecular flexibility index (Phi) is 5.44. The number of rotatable bonds is 4. The standard InChI is InChI=1S/C16H31N3O/c1-12-5-6-13(2)19(12)14(3)16(20)18(4)11-15-7-9-17-10-8-15/h12-15,17H,5-11H2,1-4H3. The monoisotopic (exact) mass is 281 g/mol. The molecular formula is C16H31N3O. The van der Waals surface area contributed by atoms with Crippen LogP contribution >= 0.6 is 0 Å². The summed E-state index contributed by atoms with van der Waals surface area (Å²) in [5, 5.41) is 3.38. The first-order chi connectivity index (χ1) is 9.50. The van der Waals surface area contributed by atoms with Gasteiger partial charge in [0.05, 0.1) is 6.04 Å². The van der Waals surface area contributed by atoms with E-state index in [0.717, 1.165) is 19.6 Å². The van der Waals surface area contributed by atoms with E-state index in [2.05, 4.69) is 31.0 Å². The van der Waals surface area contributed by atoms with E-state index < -0.39 is 0 Å². The summed E-state index contributed by atoms with van der Waals surface area (Å²) >= 11 is 0. The Morgan fingerprint density at radius 3 is 2.30 bits per heavy atom. The first-order valence-electron chi connectivity index (χ1n) is 8.23. The van der Waals surface area contributed by atoms with Crippen LogP contribution in [0.4, 0.5) is 0 Å². The lowest BCUT2D eigenvalue weighted by molar-refractivity contribution is -0.136. The van der Waals surface area contributed by atoms with E-state index in [9.17, 15) is 4.79 Å². The number of piperidine rings is 1. The van der Waals surface area contributed by atoms with Crippen molar-refractivity contribution in [1.29, 1.82) is 0 Å². The van der Waals surface area contributed by atoms with Crippen molar-refractivity contribution in [2.75, 3.05) is 26.7 Å². The van der Waals surface area contributed by atoms with Gasteiger partial charge >= 0.3 is 0 Å². The quantitative estimate of drug-likeness (QED) is 0.852. The summed E-state index contributed by atoms with van der Waals surface area (Å²) in [4.78, 5) is 17.0. The molecule has 2 aliphatic heterocycles. The molecule has 0 bridgehead atoms. The molecule has 4 nitrogen and oxygen atoms in total. The van der Waals surface area contributed by atoms with E-state index in [4.69, 9.17) is 0 Å². The predicted octanol–water partition coefficient (Wildman–Crippen LogP) is 1.71. The van der Waals surface area contributed by atoms with Gasteiger partial charge < -0.3 is 10.2 Å². The van der Waals surface area contributed by atoms with Crippen LogP contribution in [0.15, 0.2) is 0 Å². The molecule has 0 saturated carbocycles. The maximum absolute atomic E-state index is 12.7. The molecule has 0 aromatic carbocycles. The number of nitrogens with zero attached hydrogens (tertiary/aromatic N) is 2. The first kappa shape index (κ1) is 15.8. The fourth-order valence-corrected chi connectivity index (χ4v) is 3.97. The summed E-state index contributed by atoms with van der Waals surface area (Å²) < 4.78 is 0. The summed E-state index contributed by atoms with van der Waals surface area (Å²) in [5.74, 6) is 0.968. The third kappa shape index (κ3) is 3.53. The van der Waals surface area contributed by atoms with Crippen LogP contribution < -0.4 is 5.32 Å². The molecule has 2 heterocycles. The molecule has 0 aromatic rings. The minimum atomic E-state index is 0.0224. The molecule has 1 N–H and O–H groups in total. The average Bonchev–Trinajstić information content (AvgIpc) is 2.77. The summed E-state index contributed by atoms with van der Waals surface area (Å²) in [6.45, 7) is 9.70. The van der Waals surface area contributed by atoms with Crippen molar-refractivity contribution in [1.82, 2.24) is 15.1 Å². The van der Waals surface area contributed by atoms with Gasteiger partial charge in [0.15, 0.2) is 0 Å². The highest BCUT2D eigenvalue weighted by Crippen LogP contribution is 2.26. The Morgan fingerprint density at radius 1 is 1.20 bits per heavy atom. The molecule has 2 aliphatic rings. The Hall–Kier alpha value is -0.610. The highest BCUT2D eigenvalue weighted by molar-refractivity contribution is 5.81. The largest absolute Gasteiger partial charge is 0.344 e. The summed E-state index contributed by atoms with van der Waals surface area (Å²) in [7, 11) is 1.98. The van der Waals surface area contributed by atoms with Crippen LogP contribution in [0.1, 0.15) is 46.5 Å². The number of likely N-dealkylation sites (N-methyl/N-ethyl adjacent to an activating group) is 1. The molecule has 116 valence electrons. The number of likely N-dealkylation sites (tertiary alicyclic amines) is 1. The van der Waals surface area contributed by atoms with Crippen molar-refractivity contribution < 1.29 is 4.79 Å². The molecule has 3 atom stereocenters. The molecule has 1 amide bonds. The number of nitrogens with one attached hydrogen (secondary N) is 1. The third-order valence-corrected chi connectivity index (χ3v) is 5.19. The minimum absolute atomic E-state index is 0.0224. The molecular weight excluding hydrogens is 250 g/mol. The SMILES string of the molecule is CC1CCC(C)N1C(C)C(=O)N(C)CC1CCNCC1. The van der Waals surface area contributed by atoms with E-state index in [1.54, 1.807) is 0 Å². The van der Waals surface area contributed by atoms with E-state index in [1.807, 2.05) is 11.9 Å². The zero-order valence-corrected chi connectivity index (χ0v) is 13.6. The van der Waals surface area contributed by atoms with Crippen LogP contribution in [0.3, 0.4) is 0 Å². The van der Waals surface area contributed by atoms with Crippen molar-refractivity contribution in [2.45, 2.75) is 64.6 Å². The van der Waals surface area contributed by atoms with E-state index >= 15 is 0 Å². The van der Waals surface area contributed by atoms with Crippen molar-refractivity contribution in [3.63, 3.8) is 0 Å². The Morgan fingerprint density at radius 2 is 1.75 bits per heavy atom. The van der Waals surface area contributed by atoms with Gasteiger partial charge in [-0.05, 0) is 65.5 Å². The molecule has 0 spiro atoms. The van der Waals surface area contributed by atoms with E-state index in [-0.39, 0.29) is 6.04 Å². The van der Waals surface area contributed by atoms with Crippen LogP contribution in [-0.2, 0) is 4.79 Å². The molecule has 4 heteroatoms. The fraction of sp³-hybridized carbons (Fsp3) is 0.938. The van der Waals surface area contributed by atoms with Gasteiger partial charge in [-0.15, -0.1) is 0 Å². The van der Waals surface area contributed by atoms with Crippen molar-refractivity contribution in [3.8, 4) is 0 Å². The van der Waals surface area contributed by atoms with E-state index in [0.29, 0.717) is 23.9 Å². The number of hydrogen-bond donors (Lipinski definition) is 1. The normalized spacial score (nSPS) is 30.4. The second-order valence-corrected chi connectivity index (χ2v) is 6.81. The molecule has 2 fully saturated rings. The lowest BCUT2D eigenvalue weighted by Gasteiger charge is -2.35. The number of hydrogen-bond acceptors (Lipinski definition) is 3. The molecule has 2 saturated heterocycles. The molecule has 20 heavy (non-hydrogen) atoms. The third-order valence-electron chi connectivity index (χ3n) is 5.19. The highest BCUT2D eigenvalue weighted by atomic mass is 16.2. The zero-order valence-electron chi connectivity index (χ0n) is 13.6. The maximum Gasteiger partial charge on any atom is 0.239 e. The Balaban J connectivity index is 1.88. The average molecular weight is 281 g/mol. The van der Waals surface area contributed by atoms with Crippen molar-refractivity contribution >= 4 is 5.91 Å². The van der Waals surface area contributed by atoms with Crippen LogP contribution in [0.5, 0.6) is 0 Å². The Labute approximate surface area is 123 Å². The second kappa shape index (κ2) is 6.90. The number of carbonyl (C=O) groups is 1.